The Morgan fingerprint density at radius 2 is 1.25 bits per heavy atom. The first-order valence-electron chi connectivity index (χ1n) is 10.0. The Kier molecular flexibility index (Phi) is 8.62. The summed E-state index contributed by atoms with van der Waals surface area (Å²) in [4.78, 5) is 24.2. The quantitative estimate of drug-likeness (QED) is 0.509. The Hall–Kier alpha value is -1.06. The Bertz CT molecular complexity index is 377. The lowest BCUT2D eigenvalue weighted by atomic mass is 10.1. The molecule has 0 aromatic carbocycles. The number of carbonyl (C=O) groups excluding carboxylic acids is 2. The molecule has 2 rings (SSSR count). The van der Waals surface area contributed by atoms with Gasteiger partial charge < -0.3 is 9.47 Å². The van der Waals surface area contributed by atoms with E-state index >= 15 is 0 Å². The number of rotatable bonds is 6. The van der Waals surface area contributed by atoms with Gasteiger partial charge in [0.2, 0.25) is 0 Å². The number of hydrogen-bond acceptors (Lipinski definition) is 4. The van der Waals surface area contributed by atoms with Gasteiger partial charge in [-0.05, 0) is 57.8 Å². The van der Waals surface area contributed by atoms with Gasteiger partial charge in [0.1, 0.15) is 12.2 Å². The average Bonchev–Trinajstić information content (AvgIpc) is 2.97. The molecule has 0 aromatic rings. The fourth-order valence-corrected chi connectivity index (χ4v) is 3.70. The van der Waals surface area contributed by atoms with Gasteiger partial charge in [-0.3, -0.25) is 9.59 Å². The molecule has 0 aromatic heterocycles. The minimum atomic E-state index is -0.227. The summed E-state index contributed by atoms with van der Waals surface area (Å²) in [5.74, 6) is -0.532. The van der Waals surface area contributed by atoms with E-state index in [-0.39, 0.29) is 30.1 Å². The molecule has 0 heterocycles. The van der Waals surface area contributed by atoms with Crippen LogP contribution in [0.4, 0.5) is 0 Å². The Morgan fingerprint density at radius 1 is 0.792 bits per heavy atom. The van der Waals surface area contributed by atoms with Gasteiger partial charge in [0.25, 0.3) is 0 Å². The normalized spacial score (nSPS) is 22.2. The molecule has 4 heteroatoms. The third-order valence-electron chi connectivity index (χ3n) is 5.37. The van der Waals surface area contributed by atoms with E-state index < -0.39 is 0 Å². The van der Waals surface area contributed by atoms with Gasteiger partial charge in [0.05, 0.1) is 5.92 Å². The third-order valence-corrected chi connectivity index (χ3v) is 5.37. The SMILES string of the molecule is CC(CCC(=O)OC1CCCCCC1)C(=O)OC1CCCCCC1. The molecular formula is C20H34O4. The van der Waals surface area contributed by atoms with Crippen molar-refractivity contribution in [2.75, 3.05) is 0 Å². The predicted octanol–water partition coefficient (Wildman–Crippen LogP) is 4.93. The first-order chi connectivity index (χ1) is 11.6. The second-order valence-corrected chi connectivity index (χ2v) is 7.59. The lowest BCUT2D eigenvalue weighted by Gasteiger charge is -2.19. The van der Waals surface area contributed by atoms with E-state index in [1.54, 1.807) is 0 Å². The first-order valence-corrected chi connectivity index (χ1v) is 10.0. The zero-order chi connectivity index (χ0) is 17.2. The molecule has 0 aliphatic heterocycles. The van der Waals surface area contributed by atoms with Crippen LogP contribution in [0.5, 0.6) is 0 Å². The molecule has 138 valence electrons. The molecular weight excluding hydrogens is 304 g/mol. The minimum Gasteiger partial charge on any atom is -0.462 e. The molecule has 24 heavy (non-hydrogen) atoms. The van der Waals surface area contributed by atoms with Crippen molar-refractivity contribution in [2.45, 2.75) is 109 Å². The van der Waals surface area contributed by atoms with Crippen molar-refractivity contribution in [3.63, 3.8) is 0 Å². The summed E-state index contributed by atoms with van der Waals surface area (Å²) < 4.78 is 11.2. The molecule has 1 unspecified atom stereocenters. The lowest BCUT2D eigenvalue weighted by Crippen LogP contribution is -2.24. The van der Waals surface area contributed by atoms with Crippen LogP contribution in [-0.2, 0) is 19.1 Å². The van der Waals surface area contributed by atoms with Gasteiger partial charge in [-0.2, -0.15) is 0 Å². The minimum absolute atomic E-state index is 0.0837. The highest BCUT2D eigenvalue weighted by atomic mass is 16.5. The van der Waals surface area contributed by atoms with Crippen molar-refractivity contribution in [2.24, 2.45) is 5.92 Å². The summed E-state index contributed by atoms with van der Waals surface area (Å²) in [6.45, 7) is 1.86. The van der Waals surface area contributed by atoms with E-state index in [1.807, 2.05) is 6.92 Å². The van der Waals surface area contributed by atoms with Crippen molar-refractivity contribution >= 4 is 11.9 Å². The van der Waals surface area contributed by atoms with Crippen LogP contribution in [-0.4, -0.2) is 24.1 Å². The monoisotopic (exact) mass is 338 g/mol. The van der Waals surface area contributed by atoms with E-state index in [2.05, 4.69) is 0 Å². The first kappa shape index (κ1) is 19.3. The highest BCUT2D eigenvalue weighted by Gasteiger charge is 2.23. The molecule has 0 saturated heterocycles. The Morgan fingerprint density at radius 3 is 1.75 bits per heavy atom. The molecule has 2 saturated carbocycles. The number of hydrogen-bond donors (Lipinski definition) is 0. The van der Waals surface area contributed by atoms with Gasteiger partial charge in [-0.25, -0.2) is 0 Å². The van der Waals surface area contributed by atoms with Crippen molar-refractivity contribution < 1.29 is 19.1 Å². The Balaban J connectivity index is 1.64. The largest absolute Gasteiger partial charge is 0.462 e. The summed E-state index contributed by atoms with van der Waals surface area (Å²) >= 11 is 0. The predicted molar refractivity (Wildman–Crippen MR) is 93.6 cm³/mol. The fraction of sp³-hybridized carbons (Fsp3) is 0.900. The van der Waals surface area contributed by atoms with Crippen LogP contribution in [0, 0.1) is 5.92 Å². The van der Waals surface area contributed by atoms with Crippen LogP contribution in [0.2, 0.25) is 0 Å². The van der Waals surface area contributed by atoms with E-state index in [9.17, 15) is 9.59 Å². The van der Waals surface area contributed by atoms with Gasteiger partial charge >= 0.3 is 11.9 Å². The van der Waals surface area contributed by atoms with Crippen molar-refractivity contribution in [3.8, 4) is 0 Å². The van der Waals surface area contributed by atoms with Crippen LogP contribution >= 0.6 is 0 Å². The second-order valence-electron chi connectivity index (χ2n) is 7.59. The Labute approximate surface area is 146 Å². The number of carbonyl (C=O) groups is 2. The number of ether oxygens (including phenoxy) is 2. The highest BCUT2D eigenvalue weighted by molar-refractivity contribution is 5.74. The van der Waals surface area contributed by atoms with Crippen LogP contribution in [0.1, 0.15) is 96.8 Å². The molecule has 0 bridgehead atoms. The zero-order valence-electron chi connectivity index (χ0n) is 15.3. The van der Waals surface area contributed by atoms with E-state index in [1.165, 1.54) is 25.7 Å². The van der Waals surface area contributed by atoms with Gasteiger partial charge in [-0.15, -0.1) is 0 Å². The second kappa shape index (κ2) is 10.7. The zero-order valence-corrected chi connectivity index (χ0v) is 15.3. The molecule has 4 nitrogen and oxygen atoms in total. The van der Waals surface area contributed by atoms with Crippen LogP contribution in [0.15, 0.2) is 0 Å². The highest BCUT2D eigenvalue weighted by Crippen LogP contribution is 2.23. The molecule has 0 radical (unpaired) electrons. The topological polar surface area (TPSA) is 52.6 Å². The van der Waals surface area contributed by atoms with Crippen molar-refractivity contribution in [1.29, 1.82) is 0 Å². The molecule has 0 spiro atoms. The fourth-order valence-electron chi connectivity index (χ4n) is 3.70. The third kappa shape index (κ3) is 7.23. The van der Waals surface area contributed by atoms with E-state index in [0.717, 1.165) is 51.4 Å². The molecule has 0 N–H and O–H groups in total. The van der Waals surface area contributed by atoms with Gasteiger partial charge in [0.15, 0.2) is 0 Å². The summed E-state index contributed by atoms with van der Waals surface area (Å²) in [6.07, 6.45) is 14.6. The molecule has 2 fully saturated rings. The summed E-state index contributed by atoms with van der Waals surface area (Å²) in [5.41, 5.74) is 0. The average molecular weight is 338 g/mol. The molecule has 1 atom stereocenters. The van der Waals surface area contributed by atoms with Crippen molar-refractivity contribution in [3.05, 3.63) is 0 Å². The summed E-state index contributed by atoms with van der Waals surface area (Å²) in [6, 6.07) is 0. The molecule has 2 aliphatic rings. The maximum atomic E-state index is 12.2. The summed E-state index contributed by atoms with van der Waals surface area (Å²) in [5, 5.41) is 0. The maximum absolute atomic E-state index is 12.2. The lowest BCUT2D eigenvalue weighted by molar-refractivity contribution is -0.155. The van der Waals surface area contributed by atoms with Crippen LogP contribution < -0.4 is 0 Å². The molecule has 0 amide bonds. The van der Waals surface area contributed by atoms with Gasteiger partial charge in [0, 0.05) is 6.42 Å². The standard InChI is InChI=1S/C20H34O4/c1-16(20(22)24-18-12-8-4-5-9-13-18)14-15-19(21)23-17-10-6-2-3-7-11-17/h16-18H,2-15H2,1H3. The smallest absolute Gasteiger partial charge is 0.308 e. The van der Waals surface area contributed by atoms with Gasteiger partial charge in [-0.1, -0.05) is 32.6 Å². The van der Waals surface area contributed by atoms with E-state index in [4.69, 9.17) is 9.47 Å². The number of esters is 2. The van der Waals surface area contributed by atoms with Crippen LogP contribution in [0.25, 0.3) is 0 Å². The van der Waals surface area contributed by atoms with E-state index in [0.29, 0.717) is 12.8 Å². The molecule has 2 aliphatic carbocycles. The van der Waals surface area contributed by atoms with Crippen molar-refractivity contribution in [1.82, 2.24) is 0 Å². The van der Waals surface area contributed by atoms with Crippen LogP contribution in [0.3, 0.4) is 0 Å². The maximum Gasteiger partial charge on any atom is 0.308 e. The summed E-state index contributed by atoms with van der Waals surface area (Å²) in [7, 11) is 0.